The van der Waals surface area contributed by atoms with E-state index in [0.29, 0.717) is 13.2 Å². The Balaban J connectivity index is 1.51. The minimum atomic E-state index is -0.146. The molecule has 24 heavy (non-hydrogen) atoms. The molecule has 0 aromatic heterocycles. The highest BCUT2D eigenvalue weighted by Crippen LogP contribution is 2.15. The number of aliphatic hydroxyl groups is 1. The number of nitrogens with zero attached hydrogens (tertiary/aromatic N) is 1. The molecule has 0 bridgehead atoms. The molecule has 0 saturated carbocycles. The molecule has 1 fully saturated rings. The van der Waals surface area contributed by atoms with Crippen molar-refractivity contribution in [1.82, 2.24) is 4.90 Å². The van der Waals surface area contributed by atoms with E-state index in [2.05, 4.69) is 41.3 Å². The van der Waals surface area contributed by atoms with Crippen LogP contribution in [0.5, 0.6) is 0 Å². The third-order valence-electron chi connectivity index (χ3n) is 4.18. The average molecular weight is 327 g/mol. The van der Waals surface area contributed by atoms with Gasteiger partial charge in [-0.2, -0.15) is 0 Å². The van der Waals surface area contributed by atoms with Crippen molar-refractivity contribution in [2.75, 3.05) is 26.3 Å². The maximum atomic E-state index is 9.50. The predicted octanol–water partition coefficient (Wildman–Crippen LogP) is 2.47. The van der Waals surface area contributed by atoms with Crippen LogP contribution >= 0.6 is 0 Å². The van der Waals surface area contributed by atoms with Gasteiger partial charge < -0.3 is 14.6 Å². The molecule has 3 rings (SSSR count). The van der Waals surface area contributed by atoms with Crippen LogP contribution in [0, 0.1) is 0 Å². The van der Waals surface area contributed by atoms with Crippen molar-refractivity contribution in [3.05, 3.63) is 71.8 Å². The number of rotatable bonds is 7. The van der Waals surface area contributed by atoms with E-state index in [0.717, 1.165) is 25.2 Å². The van der Waals surface area contributed by atoms with E-state index in [1.807, 2.05) is 24.3 Å². The molecule has 1 heterocycles. The lowest BCUT2D eigenvalue weighted by Crippen LogP contribution is -2.50. The van der Waals surface area contributed by atoms with Crippen molar-refractivity contribution in [2.45, 2.75) is 25.4 Å². The largest absolute Gasteiger partial charge is 0.394 e. The number of aliphatic hydroxyl groups excluding tert-OH is 1. The zero-order valence-electron chi connectivity index (χ0n) is 13.9. The Kier molecular flexibility index (Phi) is 6.38. The first-order valence-corrected chi connectivity index (χ1v) is 8.48. The molecule has 0 radical (unpaired) electrons. The summed E-state index contributed by atoms with van der Waals surface area (Å²) in [5.41, 5.74) is 2.44. The summed E-state index contributed by atoms with van der Waals surface area (Å²) in [6.45, 7) is 3.61. The highest BCUT2D eigenvalue weighted by Gasteiger charge is 2.27. The van der Waals surface area contributed by atoms with Crippen LogP contribution in [0.4, 0.5) is 0 Å². The van der Waals surface area contributed by atoms with Gasteiger partial charge in [-0.15, -0.1) is 0 Å². The van der Waals surface area contributed by atoms with Crippen LogP contribution in [-0.4, -0.2) is 48.5 Å². The molecule has 1 N–H and O–H groups in total. The van der Waals surface area contributed by atoms with Crippen LogP contribution in [0.2, 0.25) is 0 Å². The molecule has 0 spiro atoms. The topological polar surface area (TPSA) is 41.9 Å². The van der Waals surface area contributed by atoms with Crippen LogP contribution < -0.4 is 0 Å². The van der Waals surface area contributed by atoms with E-state index < -0.39 is 0 Å². The van der Waals surface area contributed by atoms with Gasteiger partial charge in [-0.1, -0.05) is 60.7 Å². The summed E-state index contributed by atoms with van der Waals surface area (Å²) in [5, 5.41) is 9.50. The minimum absolute atomic E-state index is 0.0108. The van der Waals surface area contributed by atoms with Gasteiger partial charge in [0.25, 0.3) is 0 Å². The lowest BCUT2D eigenvalue weighted by Gasteiger charge is -2.37. The van der Waals surface area contributed by atoms with E-state index >= 15 is 0 Å². The second kappa shape index (κ2) is 8.94. The van der Waals surface area contributed by atoms with Crippen molar-refractivity contribution in [3.8, 4) is 0 Å². The third-order valence-corrected chi connectivity index (χ3v) is 4.18. The SMILES string of the molecule is OC[C@H]1CN(Cc2ccccc2)C[C@@H](COCc2ccccc2)O1. The zero-order valence-corrected chi connectivity index (χ0v) is 13.9. The van der Waals surface area contributed by atoms with Crippen LogP contribution in [0.25, 0.3) is 0 Å². The number of hydrogen-bond donors (Lipinski definition) is 1. The molecule has 1 aliphatic rings. The highest BCUT2D eigenvalue weighted by molar-refractivity contribution is 5.15. The Bertz CT molecular complexity index is 590. The van der Waals surface area contributed by atoms with E-state index in [1.54, 1.807) is 0 Å². The predicted molar refractivity (Wildman–Crippen MR) is 93.6 cm³/mol. The van der Waals surface area contributed by atoms with Gasteiger partial charge >= 0.3 is 0 Å². The molecule has 2 aromatic carbocycles. The summed E-state index contributed by atoms with van der Waals surface area (Å²) in [5.74, 6) is 0. The van der Waals surface area contributed by atoms with Gasteiger partial charge in [0, 0.05) is 19.6 Å². The summed E-state index contributed by atoms with van der Waals surface area (Å²) in [7, 11) is 0. The Labute approximate surface area is 143 Å². The van der Waals surface area contributed by atoms with E-state index in [-0.39, 0.29) is 18.8 Å². The molecular weight excluding hydrogens is 302 g/mol. The first-order chi connectivity index (χ1) is 11.8. The maximum absolute atomic E-state index is 9.50. The molecule has 0 amide bonds. The van der Waals surface area contributed by atoms with Gasteiger partial charge in [0.2, 0.25) is 0 Å². The molecule has 4 nitrogen and oxygen atoms in total. The average Bonchev–Trinajstić information content (AvgIpc) is 2.63. The number of morpholine rings is 1. The molecule has 0 unspecified atom stereocenters. The van der Waals surface area contributed by atoms with Crippen molar-refractivity contribution in [2.24, 2.45) is 0 Å². The minimum Gasteiger partial charge on any atom is -0.394 e. The van der Waals surface area contributed by atoms with Gasteiger partial charge in [0.05, 0.1) is 32.0 Å². The fourth-order valence-electron chi connectivity index (χ4n) is 3.05. The quantitative estimate of drug-likeness (QED) is 0.848. The first-order valence-electron chi connectivity index (χ1n) is 8.48. The monoisotopic (exact) mass is 327 g/mol. The van der Waals surface area contributed by atoms with Crippen molar-refractivity contribution in [3.63, 3.8) is 0 Å². The number of hydrogen-bond acceptors (Lipinski definition) is 4. The Morgan fingerprint density at radius 3 is 2.21 bits per heavy atom. The van der Waals surface area contributed by atoms with Gasteiger partial charge in [0.1, 0.15) is 0 Å². The summed E-state index contributed by atoms with van der Waals surface area (Å²) in [6, 6.07) is 20.5. The van der Waals surface area contributed by atoms with Gasteiger partial charge in [-0.05, 0) is 11.1 Å². The highest BCUT2D eigenvalue weighted by atomic mass is 16.5. The standard InChI is InChI=1S/C20H25NO3/c22-14-19-12-21(11-17-7-3-1-4-8-17)13-20(24-19)16-23-15-18-9-5-2-6-10-18/h1-10,19-20,22H,11-16H2/t19-,20+/m1/s1. The second-order valence-electron chi connectivity index (χ2n) is 6.24. The fraction of sp³-hybridized carbons (Fsp3) is 0.400. The second-order valence-corrected chi connectivity index (χ2v) is 6.24. The molecular formula is C20H25NO3. The molecule has 4 heteroatoms. The normalized spacial score (nSPS) is 21.7. The van der Waals surface area contributed by atoms with Crippen LogP contribution in [0.3, 0.4) is 0 Å². The lowest BCUT2D eigenvalue weighted by molar-refractivity contribution is -0.130. The van der Waals surface area contributed by atoms with Gasteiger partial charge in [0.15, 0.2) is 0 Å². The summed E-state index contributed by atoms with van der Waals surface area (Å²) >= 11 is 0. The van der Waals surface area contributed by atoms with E-state index in [9.17, 15) is 5.11 Å². The summed E-state index contributed by atoms with van der Waals surface area (Å²) in [4.78, 5) is 2.33. The Morgan fingerprint density at radius 1 is 0.917 bits per heavy atom. The Hall–Kier alpha value is -1.72. The maximum Gasteiger partial charge on any atom is 0.0940 e. The molecule has 1 aliphatic heterocycles. The van der Waals surface area contributed by atoms with Crippen LogP contribution in [0.1, 0.15) is 11.1 Å². The van der Waals surface area contributed by atoms with Crippen LogP contribution in [-0.2, 0) is 22.6 Å². The van der Waals surface area contributed by atoms with E-state index in [1.165, 1.54) is 5.56 Å². The Morgan fingerprint density at radius 2 is 1.54 bits per heavy atom. The van der Waals surface area contributed by atoms with Gasteiger partial charge in [-0.3, -0.25) is 4.90 Å². The molecule has 1 saturated heterocycles. The number of benzene rings is 2. The first kappa shape index (κ1) is 17.1. The third kappa shape index (κ3) is 5.14. The lowest BCUT2D eigenvalue weighted by atomic mass is 10.1. The smallest absolute Gasteiger partial charge is 0.0940 e. The fourth-order valence-corrected chi connectivity index (χ4v) is 3.05. The van der Waals surface area contributed by atoms with Crippen molar-refractivity contribution in [1.29, 1.82) is 0 Å². The summed E-state index contributed by atoms with van der Waals surface area (Å²) < 4.78 is 11.7. The van der Waals surface area contributed by atoms with Crippen molar-refractivity contribution < 1.29 is 14.6 Å². The zero-order chi connectivity index (χ0) is 16.6. The summed E-state index contributed by atoms with van der Waals surface area (Å²) in [6.07, 6.45) is -0.156. The molecule has 128 valence electrons. The number of ether oxygens (including phenoxy) is 2. The van der Waals surface area contributed by atoms with Crippen molar-refractivity contribution >= 4 is 0 Å². The molecule has 2 atom stereocenters. The van der Waals surface area contributed by atoms with Gasteiger partial charge in [-0.25, -0.2) is 0 Å². The van der Waals surface area contributed by atoms with E-state index in [4.69, 9.17) is 9.47 Å². The van der Waals surface area contributed by atoms with Crippen LogP contribution in [0.15, 0.2) is 60.7 Å². The molecule has 2 aromatic rings. The molecule has 0 aliphatic carbocycles.